The molecule has 0 bridgehead atoms. The third kappa shape index (κ3) is 5.26. The molecule has 1 saturated carbocycles. The first-order chi connectivity index (χ1) is 15.4. The van der Waals surface area contributed by atoms with Crippen molar-refractivity contribution in [3.63, 3.8) is 0 Å². The quantitative estimate of drug-likeness (QED) is 0.539. The number of primary amides is 1. The Balaban J connectivity index is 1.87. The number of Topliss-reactive ketones (excluding diaryl/α,β-unsaturated/α-hetero) is 1. The molecule has 3 fully saturated rings. The summed E-state index contributed by atoms with van der Waals surface area (Å²) in [6.07, 6.45) is 8.26. The molecule has 0 aromatic heterocycles. The van der Waals surface area contributed by atoms with E-state index in [4.69, 9.17) is 11.5 Å². The van der Waals surface area contributed by atoms with Gasteiger partial charge in [-0.3, -0.25) is 19.2 Å². The number of rotatable bonds is 2. The normalized spacial score (nSPS) is 35.1. The average molecular weight is 463 g/mol. The molecule has 33 heavy (non-hydrogen) atoms. The number of hydrogen-bond donors (Lipinski definition) is 3. The minimum atomic E-state index is -1.04. The number of ketones is 1. The molecule has 3 aliphatic rings. The van der Waals surface area contributed by atoms with E-state index in [0.717, 1.165) is 51.4 Å². The molecule has 5 N–H and O–H groups in total. The summed E-state index contributed by atoms with van der Waals surface area (Å²) >= 11 is 0. The van der Waals surface area contributed by atoms with Crippen molar-refractivity contribution in [1.82, 2.24) is 10.2 Å². The van der Waals surface area contributed by atoms with E-state index in [1.165, 1.54) is 0 Å². The second kappa shape index (κ2) is 9.72. The minimum absolute atomic E-state index is 0.0168. The zero-order valence-electron chi connectivity index (χ0n) is 20.7. The fourth-order valence-electron chi connectivity index (χ4n) is 5.99. The van der Waals surface area contributed by atoms with E-state index in [2.05, 4.69) is 19.2 Å². The number of amides is 3. The molecule has 0 radical (unpaired) electrons. The van der Waals surface area contributed by atoms with E-state index in [-0.39, 0.29) is 34.5 Å². The lowest BCUT2D eigenvalue weighted by Crippen LogP contribution is -2.59. The molecular weight excluding hydrogens is 420 g/mol. The van der Waals surface area contributed by atoms with Crippen molar-refractivity contribution < 1.29 is 19.2 Å². The van der Waals surface area contributed by atoms with Gasteiger partial charge in [0, 0.05) is 6.54 Å². The fourth-order valence-corrected chi connectivity index (χ4v) is 5.99. The van der Waals surface area contributed by atoms with Crippen LogP contribution < -0.4 is 16.8 Å². The van der Waals surface area contributed by atoms with Gasteiger partial charge in [0.1, 0.15) is 6.04 Å². The van der Waals surface area contributed by atoms with Crippen LogP contribution in [0.3, 0.4) is 0 Å². The summed E-state index contributed by atoms with van der Waals surface area (Å²) in [6, 6.07) is -2.33. The predicted octanol–water partition coefficient (Wildman–Crippen LogP) is 1.89. The van der Waals surface area contributed by atoms with Crippen molar-refractivity contribution in [2.45, 2.75) is 104 Å². The van der Waals surface area contributed by atoms with Crippen LogP contribution in [0.5, 0.6) is 0 Å². The molecule has 2 heterocycles. The van der Waals surface area contributed by atoms with Crippen molar-refractivity contribution in [1.29, 1.82) is 0 Å². The third-order valence-electron chi connectivity index (χ3n) is 8.56. The van der Waals surface area contributed by atoms with Crippen LogP contribution in [0.2, 0.25) is 0 Å². The Labute approximate surface area is 197 Å². The number of fused-ring (bicyclic) bond motifs is 3. The lowest BCUT2D eigenvalue weighted by Gasteiger charge is -2.37. The lowest BCUT2D eigenvalue weighted by molar-refractivity contribution is -0.144. The lowest BCUT2D eigenvalue weighted by atomic mass is 9.79. The second-order valence-electron chi connectivity index (χ2n) is 11.7. The van der Waals surface area contributed by atoms with Crippen molar-refractivity contribution in [2.24, 2.45) is 34.1 Å². The van der Waals surface area contributed by atoms with E-state index >= 15 is 0 Å². The van der Waals surface area contributed by atoms with Crippen molar-refractivity contribution in [3.8, 4) is 0 Å². The number of hydrogen-bond acceptors (Lipinski definition) is 5. The standard InChI is InChI=1S/C25H42N4O4/c1-24(2)13-11-9-7-5-6-8-10-12-16(19(30)21(27)31)28-22(32)18-17-15(25(17,3)4)14-29(18)23(33)20(24)26/h15-18,20H,5-14,26H2,1-4H3,(H2,27,31)(H,28,32)/t15?,16-,17?,18-,20?/m0/s1. The molecule has 1 aliphatic carbocycles. The third-order valence-corrected chi connectivity index (χ3v) is 8.56. The minimum Gasteiger partial charge on any atom is -0.363 e. The Hall–Kier alpha value is -1.96. The van der Waals surface area contributed by atoms with Gasteiger partial charge in [-0.05, 0) is 35.5 Å². The number of piperidine rings is 1. The van der Waals surface area contributed by atoms with Crippen molar-refractivity contribution >= 4 is 23.5 Å². The second-order valence-corrected chi connectivity index (χ2v) is 11.7. The molecular formula is C25H42N4O4. The number of carbonyl (C=O) groups excluding carboxylic acids is 4. The first kappa shape index (κ1) is 25.7. The van der Waals surface area contributed by atoms with Gasteiger partial charge in [0.25, 0.3) is 5.91 Å². The Morgan fingerprint density at radius 2 is 1.55 bits per heavy atom. The molecule has 2 saturated heterocycles. The first-order valence-corrected chi connectivity index (χ1v) is 12.6. The smallest absolute Gasteiger partial charge is 0.287 e. The SMILES string of the molecule is CC1(C)CCCCCCCCC[C@@H](C(=O)C(N)=O)NC(=O)[C@@H]2C3C(CN2C(=O)C1N)C3(C)C. The number of carbonyl (C=O) groups is 4. The maximum absolute atomic E-state index is 13.5. The van der Waals surface area contributed by atoms with E-state index < -0.39 is 29.8 Å². The summed E-state index contributed by atoms with van der Waals surface area (Å²) in [5.74, 6) is -2.16. The molecule has 8 nitrogen and oxygen atoms in total. The molecule has 0 spiro atoms. The highest BCUT2D eigenvalue weighted by Gasteiger charge is 2.69. The van der Waals surface area contributed by atoms with Gasteiger partial charge in [-0.2, -0.15) is 0 Å². The largest absolute Gasteiger partial charge is 0.363 e. The fraction of sp³-hybridized carbons (Fsp3) is 0.840. The van der Waals surface area contributed by atoms with Crippen LogP contribution in [0.1, 0.15) is 85.5 Å². The molecule has 3 amide bonds. The Morgan fingerprint density at radius 1 is 0.970 bits per heavy atom. The van der Waals surface area contributed by atoms with Crippen LogP contribution in [-0.4, -0.2) is 53.1 Å². The van der Waals surface area contributed by atoms with E-state index in [1.54, 1.807) is 4.90 Å². The number of nitrogens with zero attached hydrogens (tertiary/aromatic N) is 1. The average Bonchev–Trinajstić information content (AvgIpc) is 3.09. The van der Waals surface area contributed by atoms with Crippen LogP contribution in [0.15, 0.2) is 0 Å². The Bertz CT molecular complexity index is 793. The number of nitrogens with two attached hydrogens (primary N) is 2. The molecule has 8 heteroatoms. The van der Waals surface area contributed by atoms with E-state index in [1.807, 2.05) is 13.8 Å². The van der Waals surface area contributed by atoms with Crippen LogP contribution >= 0.6 is 0 Å². The Morgan fingerprint density at radius 3 is 2.15 bits per heavy atom. The van der Waals surface area contributed by atoms with Gasteiger partial charge in [0.15, 0.2) is 0 Å². The molecule has 3 unspecified atom stereocenters. The monoisotopic (exact) mass is 462 g/mol. The summed E-state index contributed by atoms with van der Waals surface area (Å²) in [7, 11) is 0. The predicted molar refractivity (Wildman–Crippen MR) is 126 cm³/mol. The van der Waals surface area contributed by atoms with E-state index in [0.29, 0.717) is 13.0 Å². The zero-order valence-corrected chi connectivity index (χ0v) is 20.7. The summed E-state index contributed by atoms with van der Waals surface area (Å²) in [5.41, 5.74) is 11.3. The maximum atomic E-state index is 13.5. The molecule has 0 aromatic rings. The van der Waals surface area contributed by atoms with Crippen LogP contribution in [0, 0.1) is 22.7 Å². The van der Waals surface area contributed by atoms with E-state index in [9.17, 15) is 19.2 Å². The van der Waals surface area contributed by atoms with Gasteiger partial charge in [0.05, 0.1) is 12.1 Å². The zero-order chi connectivity index (χ0) is 24.6. The van der Waals surface area contributed by atoms with Gasteiger partial charge in [0.2, 0.25) is 17.6 Å². The first-order valence-electron chi connectivity index (χ1n) is 12.6. The van der Waals surface area contributed by atoms with Crippen LogP contribution in [-0.2, 0) is 19.2 Å². The van der Waals surface area contributed by atoms with Crippen molar-refractivity contribution in [2.75, 3.05) is 6.54 Å². The summed E-state index contributed by atoms with van der Waals surface area (Å²) in [5, 5.41) is 2.79. The molecule has 186 valence electrons. The Kier molecular flexibility index (Phi) is 7.56. The molecule has 0 aromatic carbocycles. The van der Waals surface area contributed by atoms with Gasteiger partial charge >= 0.3 is 0 Å². The highest BCUT2D eigenvalue weighted by atomic mass is 16.2. The summed E-state index contributed by atoms with van der Waals surface area (Å²) < 4.78 is 0. The molecule has 3 rings (SSSR count). The topological polar surface area (TPSA) is 136 Å². The number of nitrogens with one attached hydrogen (secondary N) is 1. The van der Waals surface area contributed by atoms with Gasteiger partial charge in [-0.25, -0.2) is 0 Å². The highest BCUT2D eigenvalue weighted by Crippen LogP contribution is 2.65. The van der Waals surface area contributed by atoms with Crippen LogP contribution in [0.25, 0.3) is 0 Å². The van der Waals surface area contributed by atoms with Gasteiger partial charge in [-0.15, -0.1) is 0 Å². The van der Waals surface area contributed by atoms with Crippen molar-refractivity contribution in [3.05, 3.63) is 0 Å². The van der Waals surface area contributed by atoms with Crippen LogP contribution in [0.4, 0.5) is 0 Å². The van der Waals surface area contributed by atoms with Gasteiger partial charge in [-0.1, -0.05) is 72.6 Å². The maximum Gasteiger partial charge on any atom is 0.287 e. The molecule has 5 atom stereocenters. The highest BCUT2D eigenvalue weighted by molar-refractivity contribution is 6.37. The summed E-state index contributed by atoms with van der Waals surface area (Å²) in [4.78, 5) is 52.7. The summed E-state index contributed by atoms with van der Waals surface area (Å²) in [6.45, 7) is 8.76. The molecule has 2 aliphatic heterocycles. The van der Waals surface area contributed by atoms with Gasteiger partial charge < -0.3 is 21.7 Å².